The third-order valence-electron chi connectivity index (χ3n) is 9.11. The molecule has 5 aliphatic rings. The largest absolute Gasteiger partial charge is 0.363 e. The van der Waals surface area contributed by atoms with E-state index >= 15 is 0 Å². The second-order valence-corrected chi connectivity index (χ2v) is 11.1. The number of nitrogens with zero attached hydrogens (tertiary/aromatic N) is 2. The van der Waals surface area contributed by atoms with Crippen molar-refractivity contribution in [1.29, 1.82) is 0 Å². The Balaban J connectivity index is 1.12. The van der Waals surface area contributed by atoms with Gasteiger partial charge in [0.15, 0.2) is 0 Å². The monoisotopic (exact) mass is 459 g/mol. The predicted octanol–water partition coefficient (Wildman–Crippen LogP) is 2.07. The van der Waals surface area contributed by atoms with Crippen molar-refractivity contribution in [2.45, 2.75) is 89.3 Å². The zero-order valence-corrected chi connectivity index (χ0v) is 19.8. The molecule has 0 bridgehead atoms. The Morgan fingerprint density at radius 1 is 0.758 bits per heavy atom. The number of carbonyl (C=O) groups is 4. The summed E-state index contributed by atoms with van der Waals surface area (Å²) in [7, 11) is 1.50. The summed E-state index contributed by atoms with van der Waals surface area (Å²) in [6.07, 6.45) is 9.23. The molecule has 33 heavy (non-hydrogen) atoms. The van der Waals surface area contributed by atoms with E-state index in [9.17, 15) is 19.2 Å². The van der Waals surface area contributed by atoms with Gasteiger partial charge < -0.3 is 4.74 Å². The summed E-state index contributed by atoms with van der Waals surface area (Å²) in [5.41, 5.74) is 0. The maximum atomic E-state index is 13.2. The Labute approximate surface area is 195 Å². The van der Waals surface area contributed by atoms with Gasteiger partial charge in [-0.25, -0.2) is 0 Å². The minimum absolute atomic E-state index is 0.0664. The number of hydrogen-bond acceptors (Lipinski definition) is 6. The summed E-state index contributed by atoms with van der Waals surface area (Å²) in [6.45, 7) is 2.88. The molecule has 2 saturated heterocycles. The SMILES string of the molecule is CC1CCC(OCNC2CCC(N3C(=O)C4CC5C(=O)N(C)C(=O)C5CC4C3=O)CC2)CC1. The quantitative estimate of drug-likeness (QED) is 0.500. The van der Waals surface area contributed by atoms with Gasteiger partial charge in [-0.1, -0.05) is 6.92 Å². The van der Waals surface area contributed by atoms with Gasteiger partial charge in [-0.2, -0.15) is 0 Å². The topological polar surface area (TPSA) is 96.0 Å². The molecule has 3 aliphatic carbocycles. The number of carbonyl (C=O) groups excluding carboxylic acids is 4. The van der Waals surface area contributed by atoms with Crippen molar-refractivity contribution in [3.63, 3.8) is 0 Å². The van der Waals surface area contributed by atoms with E-state index in [1.807, 2.05) is 0 Å². The van der Waals surface area contributed by atoms with Crippen LogP contribution in [0.3, 0.4) is 0 Å². The highest BCUT2D eigenvalue weighted by Crippen LogP contribution is 2.48. The van der Waals surface area contributed by atoms with Gasteiger partial charge in [0.2, 0.25) is 23.6 Å². The highest BCUT2D eigenvalue weighted by Gasteiger charge is 2.59. The summed E-state index contributed by atoms with van der Waals surface area (Å²) in [5.74, 6) is -1.57. The molecule has 0 aromatic carbocycles. The predicted molar refractivity (Wildman–Crippen MR) is 119 cm³/mol. The van der Waals surface area contributed by atoms with Gasteiger partial charge >= 0.3 is 0 Å². The normalized spacial score (nSPS) is 41.5. The molecule has 2 aliphatic heterocycles. The molecule has 4 unspecified atom stereocenters. The van der Waals surface area contributed by atoms with Crippen LogP contribution in [-0.2, 0) is 23.9 Å². The van der Waals surface area contributed by atoms with Crippen molar-refractivity contribution in [1.82, 2.24) is 15.1 Å². The molecule has 0 aromatic rings. The second kappa shape index (κ2) is 9.10. The Morgan fingerprint density at radius 2 is 1.27 bits per heavy atom. The third kappa shape index (κ3) is 4.14. The Kier molecular flexibility index (Phi) is 6.33. The van der Waals surface area contributed by atoms with Crippen LogP contribution in [0.25, 0.3) is 0 Å². The number of hydrogen-bond donors (Lipinski definition) is 1. The van der Waals surface area contributed by atoms with E-state index < -0.39 is 23.7 Å². The lowest BCUT2D eigenvalue weighted by atomic mass is 9.70. The molecule has 8 nitrogen and oxygen atoms in total. The number of nitrogens with one attached hydrogen (secondary N) is 1. The molecular formula is C25H37N3O5. The minimum atomic E-state index is -0.440. The average molecular weight is 460 g/mol. The lowest BCUT2D eigenvalue weighted by molar-refractivity contribution is -0.143. The molecule has 1 N–H and O–H groups in total. The third-order valence-corrected chi connectivity index (χ3v) is 9.11. The zero-order chi connectivity index (χ0) is 23.3. The summed E-state index contributed by atoms with van der Waals surface area (Å²) < 4.78 is 6.03. The van der Waals surface area contributed by atoms with Crippen LogP contribution in [0.1, 0.15) is 71.1 Å². The van der Waals surface area contributed by atoms with Crippen LogP contribution in [0.5, 0.6) is 0 Å². The highest BCUT2D eigenvalue weighted by atomic mass is 16.5. The minimum Gasteiger partial charge on any atom is -0.363 e. The Morgan fingerprint density at radius 3 is 1.82 bits per heavy atom. The van der Waals surface area contributed by atoms with E-state index in [0.717, 1.165) is 44.4 Å². The summed E-state index contributed by atoms with van der Waals surface area (Å²) in [5, 5.41) is 3.51. The van der Waals surface area contributed by atoms with Crippen LogP contribution < -0.4 is 5.32 Å². The molecule has 0 radical (unpaired) electrons. The first-order valence-corrected chi connectivity index (χ1v) is 12.9. The molecule has 0 aromatic heterocycles. The molecule has 4 amide bonds. The van der Waals surface area contributed by atoms with Crippen LogP contribution in [0.15, 0.2) is 0 Å². The fourth-order valence-corrected chi connectivity index (χ4v) is 6.95. The molecule has 2 heterocycles. The Hall–Kier alpha value is -1.80. The Bertz CT molecular complexity index is 773. The van der Waals surface area contributed by atoms with Gasteiger partial charge in [0, 0.05) is 19.1 Å². The average Bonchev–Trinajstić information content (AvgIpc) is 3.19. The number of rotatable bonds is 5. The van der Waals surface area contributed by atoms with E-state index in [-0.39, 0.29) is 29.7 Å². The van der Waals surface area contributed by atoms with Crippen molar-refractivity contribution in [2.24, 2.45) is 29.6 Å². The van der Waals surface area contributed by atoms with Gasteiger partial charge in [-0.3, -0.25) is 34.3 Å². The van der Waals surface area contributed by atoms with Gasteiger partial charge in [0.1, 0.15) is 0 Å². The number of ether oxygens (including phenoxy) is 1. The highest BCUT2D eigenvalue weighted by molar-refractivity contribution is 6.09. The standard InChI is InChI=1S/C25H37N3O5/c1-14-3-9-17(10-4-14)33-13-26-15-5-7-16(8-6-15)28-24(31)20-11-18-19(12-21(20)25(28)32)23(30)27(2)22(18)29/h14-21,26H,3-13H2,1-2H3. The number of amides is 4. The van der Waals surface area contributed by atoms with Gasteiger partial charge in [-0.15, -0.1) is 0 Å². The van der Waals surface area contributed by atoms with E-state index in [1.54, 1.807) is 0 Å². The maximum absolute atomic E-state index is 13.2. The maximum Gasteiger partial charge on any atom is 0.233 e. The van der Waals surface area contributed by atoms with Crippen LogP contribution in [0, 0.1) is 29.6 Å². The first-order chi connectivity index (χ1) is 15.8. The summed E-state index contributed by atoms with van der Waals surface area (Å²) >= 11 is 0. The fraction of sp³-hybridized carbons (Fsp3) is 0.840. The van der Waals surface area contributed by atoms with Gasteiger partial charge in [0.25, 0.3) is 0 Å². The van der Waals surface area contributed by atoms with Crippen LogP contribution in [0.4, 0.5) is 0 Å². The van der Waals surface area contributed by atoms with Crippen molar-refractivity contribution in [2.75, 3.05) is 13.8 Å². The van der Waals surface area contributed by atoms with E-state index in [2.05, 4.69) is 12.2 Å². The molecule has 8 heteroatoms. The molecule has 0 spiro atoms. The van der Waals surface area contributed by atoms with E-state index in [0.29, 0.717) is 31.7 Å². The molecule has 5 rings (SSSR count). The van der Waals surface area contributed by atoms with E-state index in [4.69, 9.17) is 4.74 Å². The van der Waals surface area contributed by atoms with E-state index in [1.165, 1.54) is 29.7 Å². The zero-order valence-electron chi connectivity index (χ0n) is 19.8. The number of fused-ring (bicyclic) bond motifs is 2. The first kappa shape index (κ1) is 23.0. The lowest BCUT2D eigenvalue weighted by Gasteiger charge is -2.34. The summed E-state index contributed by atoms with van der Waals surface area (Å²) in [6, 6.07) is 0.285. The van der Waals surface area contributed by atoms with Gasteiger partial charge in [-0.05, 0) is 70.1 Å². The fourth-order valence-electron chi connectivity index (χ4n) is 6.95. The lowest BCUT2D eigenvalue weighted by Crippen LogP contribution is -2.46. The van der Waals surface area contributed by atoms with Crippen LogP contribution in [-0.4, -0.2) is 65.4 Å². The molecule has 3 saturated carbocycles. The number of likely N-dealkylation sites (tertiary alicyclic amines) is 2. The van der Waals surface area contributed by atoms with Gasteiger partial charge in [0.05, 0.1) is 36.5 Å². The van der Waals surface area contributed by atoms with Crippen molar-refractivity contribution >= 4 is 23.6 Å². The second-order valence-electron chi connectivity index (χ2n) is 11.1. The van der Waals surface area contributed by atoms with Crippen LogP contribution in [0.2, 0.25) is 0 Å². The van der Waals surface area contributed by atoms with Crippen molar-refractivity contribution in [3.05, 3.63) is 0 Å². The smallest absolute Gasteiger partial charge is 0.233 e. The van der Waals surface area contributed by atoms with Crippen molar-refractivity contribution < 1.29 is 23.9 Å². The molecule has 4 atom stereocenters. The summed E-state index contributed by atoms with van der Waals surface area (Å²) in [4.78, 5) is 54.0. The number of imide groups is 2. The molecular weight excluding hydrogens is 422 g/mol. The van der Waals surface area contributed by atoms with Crippen molar-refractivity contribution in [3.8, 4) is 0 Å². The van der Waals surface area contributed by atoms with Crippen LogP contribution >= 0.6 is 0 Å². The molecule has 5 fully saturated rings. The first-order valence-electron chi connectivity index (χ1n) is 12.9. The molecule has 182 valence electrons.